The molecule has 0 heterocycles. The van der Waals surface area contributed by atoms with Gasteiger partial charge in [0.15, 0.2) is 0 Å². The fourth-order valence-electron chi connectivity index (χ4n) is 1.40. The van der Waals surface area contributed by atoms with Crippen molar-refractivity contribution in [2.75, 3.05) is 7.11 Å². The van der Waals surface area contributed by atoms with Crippen LogP contribution in [0.25, 0.3) is 0 Å². The van der Waals surface area contributed by atoms with Crippen molar-refractivity contribution in [2.24, 2.45) is 5.73 Å². The molecule has 0 saturated carbocycles. The van der Waals surface area contributed by atoms with E-state index in [0.29, 0.717) is 0 Å². The number of carbonyl (C=O) groups excluding carboxylic acids is 1. The molecule has 8 nitrogen and oxygen atoms in total. The second kappa shape index (κ2) is 5.88. The second-order valence-electron chi connectivity index (χ2n) is 3.91. The minimum Gasteiger partial charge on any atom is -0.496 e. The predicted molar refractivity (Wildman–Crippen MR) is 68.9 cm³/mol. The quantitative estimate of drug-likeness (QED) is 0.651. The van der Waals surface area contributed by atoms with Gasteiger partial charge in [-0.25, -0.2) is 8.42 Å². The van der Waals surface area contributed by atoms with E-state index in [4.69, 9.17) is 15.6 Å². The van der Waals surface area contributed by atoms with Crippen LogP contribution in [0.5, 0.6) is 5.75 Å². The molecule has 0 radical (unpaired) electrons. The molecule has 4 N–H and O–H groups in total. The Morgan fingerprint density at radius 3 is 2.45 bits per heavy atom. The highest BCUT2D eigenvalue weighted by molar-refractivity contribution is 7.89. The third-order valence-corrected chi connectivity index (χ3v) is 3.99. The van der Waals surface area contributed by atoms with Gasteiger partial charge in [0, 0.05) is 0 Å². The van der Waals surface area contributed by atoms with E-state index in [9.17, 15) is 18.0 Å². The Hall–Kier alpha value is -2.13. The first-order valence-electron chi connectivity index (χ1n) is 5.42. The summed E-state index contributed by atoms with van der Waals surface area (Å²) in [5.74, 6) is -2.05. The Labute approximate surface area is 115 Å². The number of carboxylic acids is 1. The Bertz CT molecular complexity index is 640. The van der Waals surface area contributed by atoms with Crippen molar-refractivity contribution >= 4 is 21.9 Å². The number of ether oxygens (including phenoxy) is 1. The highest BCUT2D eigenvalue weighted by Crippen LogP contribution is 2.22. The lowest BCUT2D eigenvalue weighted by atomic mass is 10.2. The lowest BCUT2D eigenvalue weighted by Crippen LogP contribution is -2.38. The predicted octanol–water partition coefficient (Wildman–Crippen LogP) is -0.454. The number of primary amides is 1. The maximum absolute atomic E-state index is 12.0. The first-order chi connectivity index (χ1) is 9.19. The van der Waals surface area contributed by atoms with Gasteiger partial charge in [0.2, 0.25) is 10.0 Å². The number of hydrogen-bond acceptors (Lipinski definition) is 5. The SMILES string of the molecule is COc1ccc(S(=O)(=O)N[C@@H](C)C(=O)O)cc1C(N)=O. The van der Waals surface area contributed by atoms with Gasteiger partial charge in [-0.1, -0.05) is 0 Å². The van der Waals surface area contributed by atoms with Gasteiger partial charge in [-0.15, -0.1) is 0 Å². The van der Waals surface area contributed by atoms with Crippen LogP contribution in [0, 0.1) is 0 Å². The van der Waals surface area contributed by atoms with E-state index < -0.39 is 27.9 Å². The molecule has 1 aromatic carbocycles. The molecule has 0 aliphatic carbocycles. The fraction of sp³-hybridized carbons (Fsp3) is 0.273. The van der Waals surface area contributed by atoms with Crippen molar-refractivity contribution in [1.82, 2.24) is 4.72 Å². The van der Waals surface area contributed by atoms with E-state index in [0.717, 1.165) is 6.07 Å². The van der Waals surface area contributed by atoms with Crippen LogP contribution in [0.3, 0.4) is 0 Å². The molecule has 1 atom stereocenters. The molecule has 9 heteroatoms. The number of methoxy groups -OCH3 is 1. The molecule has 0 unspecified atom stereocenters. The number of carbonyl (C=O) groups is 2. The molecule has 0 spiro atoms. The normalized spacial score (nSPS) is 12.7. The third-order valence-electron chi connectivity index (χ3n) is 2.45. The van der Waals surface area contributed by atoms with Crippen molar-refractivity contribution < 1.29 is 27.9 Å². The Balaban J connectivity index is 3.23. The summed E-state index contributed by atoms with van der Waals surface area (Å²) in [5.41, 5.74) is 5.01. The molecule has 20 heavy (non-hydrogen) atoms. The van der Waals surface area contributed by atoms with Crippen LogP contribution in [0.2, 0.25) is 0 Å². The molecular formula is C11H14N2O6S. The summed E-state index contributed by atoms with van der Waals surface area (Å²) in [7, 11) is -2.77. The maximum Gasteiger partial charge on any atom is 0.321 e. The summed E-state index contributed by atoms with van der Waals surface area (Å²) in [4.78, 5) is 21.6. The zero-order chi connectivity index (χ0) is 15.5. The lowest BCUT2D eigenvalue weighted by molar-refractivity contribution is -0.138. The summed E-state index contributed by atoms with van der Waals surface area (Å²) in [6.07, 6.45) is 0. The molecule has 1 rings (SSSR count). The summed E-state index contributed by atoms with van der Waals surface area (Å²) in [5, 5.41) is 8.70. The summed E-state index contributed by atoms with van der Waals surface area (Å²) < 4.78 is 30.7. The maximum atomic E-state index is 12.0. The van der Waals surface area contributed by atoms with Crippen molar-refractivity contribution in [3.63, 3.8) is 0 Å². The van der Waals surface area contributed by atoms with Crippen molar-refractivity contribution in [1.29, 1.82) is 0 Å². The number of nitrogens with two attached hydrogens (primary N) is 1. The number of hydrogen-bond donors (Lipinski definition) is 3. The third kappa shape index (κ3) is 3.45. The standard InChI is InChI=1S/C11H14N2O6S/c1-6(11(15)16)13-20(17,18)7-3-4-9(19-2)8(5-7)10(12)14/h3-6,13H,1-2H3,(H2,12,14)(H,15,16)/t6-/m0/s1. The lowest BCUT2D eigenvalue weighted by Gasteiger charge is -2.12. The van der Waals surface area contributed by atoms with E-state index in [1.165, 1.54) is 26.2 Å². The van der Waals surface area contributed by atoms with E-state index in [1.54, 1.807) is 0 Å². The fourth-order valence-corrected chi connectivity index (χ4v) is 2.62. The molecule has 1 aromatic rings. The zero-order valence-electron chi connectivity index (χ0n) is 10.8. The number of amides is 1. The summed E-state index contributed by atoms with van der Waals surface area (Å²) in [6.45, 7) is 1.18. The van der Waals surface area contributed by atoms with E-state index in [2.05, 4.69) is 0 Å². The van der Waals surface area contributed by atoms with Crippen LogP contribution in [-0.2, 0) is 14.8 Å². The average Bonchev–Trinajstić information content (AvgIpc) is 2.37. The highest BCUT2D eigenvalue weighted by atomic mass is 32.2. The highest BCUT2D eigenvalue weighted by Gasteiger charge is 2.23. The van der Waals surface area contributed by atoms with Crippen molar-refractivity contribution in [2.45, 2.75) is 17.9 Å². The van der Waals surface area contributed by atoms with Crippen LogP contribution >= 0.6 is 0 Å². The van der Waals surface area contributed by atoms with Crippen LogP contribution in [0.4, 0.5) is 0 Å². The van der Waals surface area contributed by atoms with Gasteiger partial charge in [0.1, 0.15) is 11.8 Å². The van der Waals surface area contributed by atoms with Gasteiger partial charge in [-0.05, 0) is 25.1 Å². The molecule has 0 fully saturated rings. The number of benzene rings is 1. The molecule has 0 aromatic heterocycles. The smallest absolute Gasteiger partial charge is 0.321 e. The van der Waals surface area contributed by atoms with E-state index >= 15 is 0 Å². The number of sulfonamides is 1. The summed E-state index contributed by atoms with van der Waals surface area (Å²) >= 11 is 0. The topological polar surface area (TPSA) is 136 Å². The average molecular weight is 302 g/mol. The van der Waals surface area contributed by atoms with Crippen LogP contribution in [-0.4, -0.2) is 38.6 Å². The number of aliphatic carboxylic acids is 1. The minimum absolute atomic E-state index is 0.113. The van der Waals surface area contributed by atoms with Crippen LogP contribution in [0.15, 0.2) is 23.1 Å². The van der Waals surface area contributed by atoms with E-state index in [1.807, 2.05) is 4.72 Å². The monoisotopic (exact) mass is 302 g/mol. The number of rotatable bonds is 6. The van der Waals surface area contributed by atoms with Gasteiger partial charge in [0.05, 0.1) is 17.6 Å². The Kier molecular flexibility index (Phi) is 4.69. The van der Waals surface area contributed by atoms with Gasteiger partial charge in [-0.3, -0.25) is 9.59 Å². The minimum atomic E-state index is -4.08. The molecule has 0 aliphatic heterocycles. The largest absolute Gasteiger partial charge is 0.496 e. The van der Waals surface area contributed by atoms with Crippen LogP contribution in [0.1, 0.15) is 17.3 Å². The summed E-state index contributed by atoms with van der Waals surface area (Å²) in [6, 6.07) is 2.17. The van der Waals surface area contributed by atoms with Gasteiger partial charge >= 0.3 is 5.97 Å². The first-order valence-corrected chi connectivity index (χ1v) is 6.90. The first kappa shape index (κ1) is 15.9. The molecular weight excluding hydrogens is 288 g/mol. The molecule has 0 saturated heterocycles. The molecule has 1 amide bonds. The molecule has 0 bridgehead atoms. The van der Waals surface area contributed by atoms with E-state index in [-0.39, 0.29) is 16.2 Å². The Morgan fingerprint density at radius 2 is 2.00 bits per heavy atom. The van der Waals surface area contributed by atoms with Crippen molar-refractivity contribution in [3.8, 4) is 5.75 Å². The van der Waals surface area contributed by atoms with Gasteiger partial charge < -0.3 is 15.6 Å². The zero-order valence-corrected chi connectivity index (χ0v) is 11.6. The van der Waals surface area contributed by atoms with Crippen molar-refractivity contribution in [3.05, 3.63) is 23.8 Å². The molecule has 110 valence electrons. The number of nitrogens with one attached hydrogen (secondary N) is 1. The van der Waals surface area contributed by atoms with Gasteiger partial charge in [-0.2, -0.15) is 4.72 Å². The number of carboxylic acid groups (broad SMARTS) is 1. The van der Waals surface area contributed by atoms with Gasteiger partial charge in [0.25, 0.3) is 5.91 Å². The second-order valence-corrected chi connectivity index (χ2v) is 5.62. The van der Waals surface area contributed by atoms with Crippen LogP contribution < -0.4 is 15.2 Å². The Morgan fingerprint density at radius 1 is 1.40 bits per heavy atom. The molecule has 0 aliphatic rings.